The maximum absolute atomic E-state index is 5.83. The molecule has 2 aromatic carbocycles. The molecule has 2 rings (SSSR count). The second-order valence-corrected chi connectivity index (χ2v) is 4.42. The molecule has 2 N–H and O–H groups in total. The molecule has 0 fully saturated rings. The highest BCUT2D eigenvalue weighted by Crippen LogP contribution is 2.16. The first kappa shape index (κ1) is 12.7. The van der Waals surface area contributed by atoms with E-state index in [1.807, 2.05) is 42.5 Å². The number of anilines is 1. The summed E-state index contributed by atoms with van der Waals surface area (Å²) in [5.74, 6) is 0. The summed E-state index contributed by atoms with van der Waals surface area (Å²) in [5.41, 5.74) is 8.92. The minimum absolute atomic E-state index is 0.139. The molecule has 0 heterocycles. The summed E-state index contributed by atoms with van der Waals surface area (Å²) in [7, 11) is 0. The van der Waals surface area contributed by atoms with Gasteiger partial charge < -0.3 is 10.5 Å². The van der Waals surface area contributed by atoms with Gasteiger partial charge in [0.25, 0.3) is 0 Å². The van der Waals surface area contributed by atoms with Gasteiger partial charge in [0.1, 0.15) is 0 Å². The molecule has 0 aliphatic heterocycles. The highest BCUT2D eigenvalue weighted by molar-refractivity contribution is 5.39. The molecule has 0 amide bonds. The van der Waals surface area contributed by atoms with E-state index in [1.165, 1.54) is 11.1 Å². The molecule has 1 atom stereocenters. The molecule has 1 unspecified atom stereocenters. The molecular weight excluding hydrogens is 222 g/mol. The predicted octanol–water partition coefficient (Wildman–Crippen LogP) is 3.59. The van der Waals surface area contributed by atoms with Gasteiger partial charge in [0.2, 0.25) is 0 Å². The molecule has 2 heteroatoms. The van der Waals surface area contributed by atoms with Crippen molar-refractivity contribution >= 4 is 5.69 Å². The van der Waals surface area contributed by atoms with Gasteiger partial charge in [-0.2, -0.15) is 0 Å². The van der Waals surface area contributed by atoms with Gasteiger partial charge in [0, 0.05) is 5.69 Å². The van der Waals surface area contributed by atoms with Gasteiger partial charge in [-0.15, -0.1) is 0 Å². The topological polar surface area (TPSA) is 35.2 Å². The van der Waals surface area contributed by atoms with Gasteiger partial charge in [-0.05, 0) is 36.6 Å². The summed E-state index contributed by atoms with van der Waals surface area (Å²) in [4.78, 5) is 0. The van der Waals surface area contributed by atoms with Crippen LogP contribution in [0.3, 0.4) is 0 Å². The highest BCUT2D eigenvalue weighted by atomic mass is 16.5. The predicted molar refractivity (Wildman–Crippen MR) is 75.4 cm³/mol. The van der Waals surface area contributed by atoms with Crippen LogP contribution in [0.5, 0.6) is 0 Å². The van der Waals surface area contributed by atoms with E-state index in [1.54, 1.807) is 0 Å². The third-order valence-corrected chi connectivity index (χ3v) is 3.01. The smallest absolute Gasteiger partial charge is 0.0796 e. The lowest BCUT2D eigenvalue weighted by Crippen LogP contribution is -2.04. The van der Waals surface area contributed by atoms with Gasteiger partial charge in [-0.3, -0.25) is 0 Å². The quantitative estimate of drug-likeness (QED) is 0.812. The van der Waals surface area contributed by atoms with Crippen molar-refractivity contribution < 1.29 is 4.74 Å². The van der Waals surface area contributed by atoms with E-state index < -0.39 is 0 Å². The Morgan fingerprint density at radius 3 is 2.33 bits per heavy atom. The van der Waals surface area contributed by atoms with Crippen LogP contribution in [0.15, 0.2) is 54.6 Å². The van der Waals surface area contributed by atoms with Crippen LogP contribution in [0.1, 0.15) is 24.2 Å². The van der Waals surface area contributed by atoms with Crippen molar-refractivity contribution in [1.82, 2.24) is 0 Å². The van der Waals surface area contributed by atoms with Crippen LogP contribution in [-0.2, 0) is 11.2 Å². The van der Waals surface area contributed by atoms with Gasteiger partial charge in [-0.25, -0.2) is 0 Å². The molecule has 0 aliphatic carbocycles. The minimum atomic E-state index is 0.139. The summed E-state index contributed by atoms with van der Waals surface area (Å²) < 4.78 is 5.83. The van der Waals surface area contributed by atoms with Gasteiger partial charge >= 0.3 is 0 Å². The molecule has 0 saturated carbocycles. The fraction of sp³-hybridized carbons (Fsp3) is 0.250. The van der Waals surface area contributed by atoms with Crippen LogP contribution >= 0.6 is 0 Å². The first-order chi connectivity index (χ1) is 8.75. The van der Waals surface area contributed by atoms with Crippen LogP contribution in [0.4, 0.5) is 5.69 Å². The van der Waals surface area contributed by atoms with Gasteiger partial charge in [0.15, 0.2) is 0 Å². The molecule has 0 spiro atoms. The van der Waals surface area contributed by atoms with Crippen molar-refractivity contribution in [3.63, 3.8) is 0 Å². The molecule has 2 nitrogen and oxygen atoms in total. The first-order valence-corrected chi connectivity index (χ1v) is 6.26. The van der Waals surface area contributed by atoms with Crippen LogP contribution < -0.4 is 5.73 Å². The summed E-state index contributed by atoms with van der Waals surface area (Å²) in [6.45, 7) is 2.80. The summed E-state index contributed by atoms with van der Waals surface area (Å²) >= 11 is 0. The van der Waals surface area contributed by atoms with Crippen LogP contribution in [0.25, 0.3) is 0 Å². The third-order valence-electron chi connectivity index (χ3n) is 3.01. The lowest BCUT2D eigenvalue weighted by Gasteiger charge is -2.13. The zero-order valence-corrected chi connectivity index (χ0v) is 10.7. The van der Waals surface area contributed by atoms with E-state index in [0.29, 0.717) is 0 Å². The Bertz CT molecular complexity index is 464. The normalized spacial score (nSPS) is 12.3. The van der Waals surface area contributed by atoms with E-state index in [2.05, 4.69) is 19.1 Å². The molecule has 94 valence electrons. The monoisotopic (exact) mass is 241 g/mol. The van der Waals surface area contributed by atoms with Crippen LogP contribution in [0.2, 0.25) is 0 Å². The molecule has 2 aromatic rings. The number of benzene rings is 2. The van der Waals surface area contributed by atoms with E-state index in [-0.39, 0.29) is 6.10 Å². The first-order valence-electron chi connectivity index (χ1n) is 6.26. The van der Waals surface area contributed by atoms with Crippen molar-refractivity contribution in [2.75, 3.05) is 12.3 Å². The summed E-state index contributed by atoms with van der Waals surface area (Å²) in [5, 5.41) is 0. The Hall–Kier alpha value is -1.80. The lowest BCUT2D eigenvalue weighted by atomic mass is 10.1. The van der Waals surface area contributed by atoms with Crippen molar-refractivity contribution in [3.05, 3.63) is 65.7 Å². The molecule has 0 aromatic heterocycles. The summed E-state index contributed by atoms with van der Waals surface area (Å²) in [6, 6.07) is 18.2. The minimum Gasteiger partial charge on any atom is -0.399 e. The average molecular weight is 241 g/mol. The zero-order chi connectivity index (χ0) is 12.8. The number of rotatable bonds is 5. The number of nitrogen functional groups attached to an aromatic ring is 1. The maximum atomic E-state index is 5.83. The Kier molecular flexibility index (Phi) is 4.37. The van der Waals surface area contributed by atoms with E-state index in [9.17, 15) is 0 Å². The molecule has 18 heavy (non-hydrogen) atoms. The Morgan fingerprint density at radius 1 is 1.00 bits per heavy atom. The number of hydrogen-bond donors (Lipinski definition) is 1. The molecule has 0 radical (unpaired) electrons. The van der Waals surface area contributed by atoms with Crippen LogP contribution in [-0.4, -0.2) is 6.61 Å². The number of ether oxygens (including phenoxy) is 1. The molecule has 0 bridgehead atoms. The van der Waals surface area contributed by atoms with Gasteiger partial charge in [0.05, 0.1) is 12.7 Å². The second kappa shape index (κ2) is 6.22. The Balaban J connectivity index is 1.80. The number of nitrogens with two attached hydrogens (primary N) is 1. The third kappa shape index (κ3) is 3.60. The van der Waals surface area contributed by atoms with Crippen molar-refractivity contribution in [2.45, 2.75) is 19.4 Å². The zero-order valence-electron chi connectivity index (χ0n) is 10.7. The van der Waals surface area contributed by atoms with Crippen molar-refractivity contribution in [2.24, 2.45) is 0 Å². The van der Waals surface area contributed by atoms with Gasteiger partial charge in [-0.1, -0.05) is 42.5 Å². The molecule has 0 aliphatic rings. The van der Waals surface area contributed by atoms with E-state index in [0.717, 1.165) is 18.7 Å². The molecule has 0 saturated heterocycles. The standard InChI is InChI=1S/C16H19NO/c1-13(15-5-3-2-4-6-15)18-12-11-14-7-9-16(17)10-8-14/h2-10,13H,11-12,17H2,1H3. The second-order valence-electron chi connectivity index (χ2n) is 4.42. The largest absolute Gasteiger partial charge is 0.399 e. The van der Waals surface area contributed by atoms with E-state index >= 15 is 0 Å². The van der Waals surface area contributed by atoms with Crippen LogP contribution in [0, 0.1) is 0 Å². The summed E-state index contributed by atoms with van der Waals surface area (Å²) in [6.07, 6.45) is 1.05. The van der Waals surface area contributed by atoms with Crippen molar-refractivity contribution in [3.8, 4) is 0 Å². The maximum Gasteiger partial charge on any atom is 0.0796 e. The Labute approximate surface area is 108 Å². The fourth-order valence-electron chi connectivity index (χ4n) is 1.86. The molecular formula is C16H19NO. The fourth-order valence-corrected chi connectivity index (χ4v) is 1.86. The Morgan fingerprint density at radius 2 is 1.67 bits per heavy atom. The highest BCUT2D eigenvalue weighted by Gasteiger charge is 2.04. The van der Waals surface area contributed by atoms with E-state index in [4.69, 9.17) is 10.5 Å². The average Bonchev–Trinajstić information content (AvgIpc) is 2.42. The SMILES string of the molecule is CC(OCCc1ccc(N)cc1)c1ccccc1. The number of hydrogen-bond acceptors (Lipinski definition) is 2. The lowest BCUT2D eigenvalue weighted by molar-refractivity contribution is 0.0681. The van der Waals surface area contributed by atoms with Crippen molar-refractivity contribution in [1.29, 1.82) is 0 Å².